The molecule has 1 N–H and O–H groups in total. The molecule has 2 nitrogen and oxygen atoms in total. The van der Waals surface area contributed by atoms with Crippen molar-refractivity contribution in [2.24, 2.45) is 0 Å². The highest BCUT2D eigenvalue weighted by Crippen LogP contribution is 2.42. The van der Waals surface area contributed by atoms with E-state index in [0.717, 1.165) is 32.8 Å². The molecule has 0 radical (unpaired) electrons. The minimum absolute atomic E-state index is 0.0224. The molecule has 0 aliphatic carbocycles. The van der Waals surface area contributed by atoms with Crippen molar-refractivity contribution >= 4 is 27.5 Å². The van der Waals surface area contributed by atoms with Crippen LogP contribution < -0.4 is 10.1 Å². The Kier molecular flexibility index (Phi) is 4.25. The van der Waals surface area contributed by atoms with Gasteiger partial charge in [0.15, 0.2) is 0 Å². The van der Waals surface area contributed by atoms with Crippen LogP contribution in [0.5, 0.6) is 5.75 Å². The summed E-state index contributed by atoms with van der Waals surface area (Å²) >= 11 is 9.77. The van der Waals surface area contributed by atoms with Crippen LogP contribution in [-0.2, 0) is 0 Å². The van der Waals surface area contributed by atoms with Gasteiger partial charge in [0.1, 0.15) is 11.9 Å². The molecular weight excluding hydrogens is 350 g/mol. The summed E-state index contributed by atoms with van der Waals surface area (Å²) in [6.45, 7) is 2.01. The Balaban J connectivity index is 1.96. The van der Waals surface area contributed by atoms with Crippen LogP contribution in [0.1, 0.15) is 35.3 Å². The summed E-state index contributed by atoms with van der Waals surface area (Å²) in [5.41, 5.74) is 3.41. The molecule has 0 fully saturated rings. The maximum atomic E-state index is 6.25. The minimum Gasteiger partial charge on any atom is -0.485 e. The SMILES string of the molecule is CNC1CC(c2ccc(C)c(Cl)c2)Oc2ccc(Br)cc21. The van der Waals surface area contributed by atoms with Gasteiger partial charge in [-0.25, -0.2) is 0 Å². The molecule has 2 aromatic carbocycles. The summed E-state index contributed by atoms with van der Waals surface area (Å²) in [6.07, 6.45) is 0.911. The van der Waals surface area contributed by atoms with Crippen molar-refractivity contribution in [3.05, 3.63) is 62.6 Å². The maximum absolute atomic E-state index is 6.25. The van der Waals surface area contributed by atoms with Crippen LogP contribution >= 0.6 is 27.5 Å². The van der Waals surface area contributed by atoms with Crippen LogP contribution in [0.3, 0.4) is 0 Å². The highest BCUT2D eigenvalue weighted by Gasteiger charge is 2.28. The second-order valence-corrected chi connectivity index (χ2v) is 6.70. The summed E-state index contributed by atoms with van der Waals surface area (Å²) < 4.78 is 7.25. The van der Waals surface area contributed by atoms with Crippen LogP contribution in [0.4, 0.5) is 0 Å². The molecule has 21 heavy (non-hydrogen) atoms. The van der Waals surface area contributed by atoms with E-state index in [2.05, 4.69) is 33.4 Å². The van der Waals surface area contributed by atoms with Crippen molar-refractivity contribution in [1.29, 1.82) is 0 Å². The molecule has 1 heterocycles. The van der Waals surface area contributed by atoms with Crippen LogP contribution in [0.2, 0.25) is 5.02 Å². The van der Waals surface area contributed by atoms with Crippen LogP contribution in [-0.4, -0.2) is 7.05 Å². The normalized spacial score (nSPS) is 20.8. The third kappa shape index (κ3) is 2.96. The molecule has 4 heteroatoms. The van der Waals surface area contributed by atoms with Crippen molar-refractivity contribution in [3.63, 3.8) is 0 Å². The highest BCUT2D eigenvalue weighted by atomic mass is 79.9. The van der Waals surface area contributed by atoms with E-state index in [4.69, 9.17) is 16.3 Å². The Morgan fingerprint density at radius 3 is 2.76 bits per heavy atom. The van der Waals surface area contributed by atoms with E-state index in [-0.39, 0.29) is 12.1 Å². The van der Waals surface area contributed by atoms with E-state index in [1.54, 1.807) is 0 Å². The molecule has 110 valence electrons. The topological polar surface area (TPSA) is 21.3 Å². The van der Waals surface area contributed by atoms with Gasteiger partial charge < -0.3 is 10.1 Å². The smallest absolute Gasteiger partial charge is 0.126 e. The number of rotatable bonds is 2. The largest absolute Gasteiger partial charge is 0.485 e. The number of hydrogen-bond donors (Lipinski definition) is 1. The van der Waals surface area contributed by atoms with E-state index >= 15 is 0 Å². The van der Waals surface area contributed by atoms with E-state index in [0.29, 0.717) is 0 Å². The number of aryl methyl sites for hydroxylation is 1. The first kappa shape index (κ1) is 14.9. The van der Waals surface area contributed by atoms with E-state index in [1.165, 1.54) is 5.56 Å². The first-order valence-electron chi connectivity index (χ1n) is 6.98. The zero-order chi connectivity index (χ0) is 15.0. The Labute approximate surface area is 138 Å². The average molecular weight is 367 g/mol. The van der Waals surface area contributed by atoms with Gasteiger partial charge in [-0.15, -0.1) is 0 Å². The third-order valence-corrected chi connectivity index (χ3v) is 4.88. The fourth-order valence-electron chi connectivity index (χ4n) is 2.73. The fourth-order valence-corrected chi connectivity index (χ4v) is 3.30. The molecule has 0 bridgehead atoms. The van der Waals surface area contributed by atoms with Gasteiger partial charge in [-0.05, 0) is 49.4 Å². The molecule has 0 amide bonds. The van der Waals surface area contributed by atoms with Crippen molar-refractivity contribution in [1.82, 2.24) is 5.32 Å². The molecule has 1 aliphatic rings. The van der Waals surface area contributed by atoms with Crippen LogP contribution in [0.25, 0.3) is 0 Å². The number of ether oxygens (including phenoxy) is 1. The summed E-state index contributed by atoms with van der Waals surface area (Å²) in [5.74, 6) is 0.936. The predicted octanol–water partition coefficient (Wildman–Crippen LogP) is 5.20. The zero-order valence-electron chi connectivity index (χ0n) is 12.0. The molecule has 0 saturated heterocycles. The molecule has 0 aromatic heterocycles. The van der Waals surface area contributed by atoms with E-state index in [9.17, 15) is 0 Å². The second-order valence-electron chi connectivity index (χ2n) is 5.37. The second kappa shape index (κ2) is 5.99. The molecule has 0 saturated carbocycles. The van der Waals surface area contributed by atoms with Gasteiger partial charge in [0.25, 0.3) is 0 Å². The van der Waals surface area contributed by atoms with Crippen molar-refractivity contribution < 1.29 is 4.74 Å². The van der Waals surface area contributed by atoms with Gasteiger partial charge in [-0.3, -0.25) is 0 Å². The van der Waals surface area contributed by atoms with Gasteiger partial charge in [0, 0.05) is 27.5 Å². The van der Waals surface area contributed by atoms with Crippen LogP contribution in [0, 0.1) is 6.92 Å². The lowest BCUT2D eigenvalue weighted by Crippen LogP contribution is -2.26. The van der Waals surface area contributed by atoms with Gasteiger partial charge >= 0.3 is 0 Å². The highest BCUT2D eigenvalue weighted by molar-refractivity contribution is 9.10. The Hall–Kier alpha value is -1.03. The lowest BCUT2D eigenvalue weighted by molar-refractivity contribution is 0.154. The molecule has 0 spiro atoms. The summed E-state index contributed by atoms with van der Waals surface area (Å²) in [7, 11) is 1.99. The number of hydrogen-bond acceptors (Lipinski definition) is 2. The Bertz CT molecular complexity index is 674. The summed E-state index contributed by atoms with van der Waals surface area (Å²) in [6, 6.07) is 12.6. The van der Waals surface area contributed by atoms with Crippen molar-refractivity contribution in [2.45, 2.75) is 25.5 Å². The molecule has 2 unspecified atom stereocenters. The monoisotopic (exact) mass is 365 g/mol. The number of fused-ring (bicyclic) bond motifs is 1. The van der Waals surface area contributed by atoms with Gasteiger partial charge in [0.2, 0.25) is 0 Å². The summed E-state index contributed by atoms with van der Waals surface area (Å²) in [4.78, 5) is 0. The first-order valence-corrected chi connectivity index (χ1v) is 8.15. The Morgan fingerprint density at radius 1 is 1.24 bits per heavy atom. The standard InChI is InChI=1S/C17H17BrClNO/c1-10-3-4-11(7-14(10)19)17-9-15(20-2)13-8-12(18)5-6-16(13)21-17/h3-8,15,17,20H,9H2,1-2H3. The predicted molar refractivity (Wildman–Crippen MR) is 90.1 cm³/mol. The quantitative estimate of drug-likeness (QED) is 0.789. The molecule has 2 atom stereocenters. The molecule has 1 aliphatic heterocycles. The molecule has 3 rings (SSSR count). The van der Waals surface area contributed by atoms with Crippen LogP contribution in [0.15, 0.2) is 40.9 Å². The van der Waals surface area contributed by atoms with Crippen molar-refractivity contribution in [2.75, 3.05) is 7.05 Å². The Morgan fingerprint density at radius 2 is 2.05 bits per heavy atom. The van der Waals surface area contributed by atoms with Crippen molar-refractivity contribution in [3.8, 4) is 5.75 Å². The molecular formula is C17H17BrClNO. The maximum Gasteiger partial charge on any atom is 0.126 e. The first-order chi connectivity index (χ1) is 10.1. The molecule has 2 aromatic rings. The summed E-state index contributed by atoms with van der Waals surface area (Å²) in [5, 5.41) is 4.17. The zero-order valence-corrected chi connectivity index (χ0v) is 14.3. The van der Waals surface area contributed by atoms with Gasteiger partial charge in [-0.1, -0.05) is 39.7 Å². The van der Waals surface area contributed by atoms with E-state index in [1.807, 2.05) is 38.2 Å². The number of nitrogens with one attached hydrogen (secondary N) is 1. The fraction of sp³-hybridized carbons (Fsp3) is 0.294. The minimum atomic E-state index is 0.0224. The van der Waals surface area contributed by atoms with Gasteiger partial charge in [0.05, 0.1) is 0 Å². The number of halogens is 2. The lowest BCUT2D eigenvalue weighted by atomic mass is 9.93. The number of benzene rings is 2. The lowest BCUT2D eigenvalue weighted by Gasteiger charge is -2.32. The third-order valence-electron chi connectivity index (χ3n) is 3.98. The van der Waals surface area contributed by atoms with E-state index < -0.39 is 0 Å². The average Bonchev–Trinajstić information content (AvgIpc) is 2.49. The van der Waals surface area contributed by atoms with Gasteiger partial charge in [-0.2, -0.15) is 0 Å².